The lowest BCUT2D eigenvalue weighted by Gasteiger charge is -2.27. The molecule has 4 heterocycles. The van der Waals surface area contributed by atoms with E-state index in [-0.39, 0.29) is 5.82 Å². The van der Waals surface area contributed by atoms with Crippen LogP contribution in [0.1, 0.15) is 36.9 Å². The number of thiazole rings is 1. The molecular weight excluding hydrogens is 491 g/mol. The van der Waals surface area contributed by atoms with Gasteiger partial charge in [-0.25, -0.2) is 9.37 Å². The Morgan fingerprint density at radius 3 is 2.82 bits per heavy atom. The van der Waals surface area contributed by atoms with E-state index in [9.17, 15) is 4.39 Å². The molecular formula is C24H26ClFN6S2. The Labute approximate surface area is 212 Å². The van der Waals surface area contributed by atoms with Crippen LogP contribution in [0.3, 0.4) is 0 Å². The van der Waals surface area contributed by atoms with Gasteiger partial charge in [0.05, 0.1) is 12.2 Å². The summed E-state index contributed by atoms with van der Waals surface area (Å²) in [6.07, 6.45) is 7.64. The average molecular weight is 517 g/mol. The third-order valence-electron chi connectivity index (χ3n) is 5.77. The van der Waals surface area contributed by atoms with Gasteiger partial charge in [-0.2, -0.15) is 5.10 Å². The number of rotatable bonds is 6. The number of hydrogen-bond acceptors (Lipinski definition) is 7. The lowest BCUT2D eigenvalue weighted by atomic mass is 10.1. The van der Waals surface area contributed by atoms with Crippen LogP contribution in [-0.2, 0) is 6.54 Å². The Hall–Kier alpha value is -2.20. The maximum absolute atomic E-state index is 12.1. The highest BCUT2D eigenvalue weighted by atomic mass is 35.5. The predicted octanol–water partition coefficient (Wildman–Crippen LogP) is 5.48. The summed E-state index contributed by atoms with van der Waals surface area (Å²) < 4.78 is 17.8. The molecule has 1 unspecified atom stereocenters. The normalized spacial score (nSPS) is 19.6. The first-order chi connectivity index (χ1) is 16.6. The molecule has 2 aliphatic heterocycles. The van der Waals surface area contributed by atoms with Gasteiger partial charge in [-0.05, 0) is 44.0 Å². The maximum atomic E-state index is 12.1. The van der Waals surface area contributed by atoms with Crippen LogP contribution in [-0.4, -0.2) is 49.9 Å². The number of aromatic nitrogens is 3. The largest absolute Gasteiger partial charge is 0.326 e. The summed E-state index contributed by atoms with van der Waals surface area (Å²) in [5.41, 5.74) is 3.68. The van der Waals surface area contributed by atoms with Crippen molar-refractivity contribution < 1.29 is 4.39 Å². The monoisotopic (exact) mass is 516 g/mol. The molecule has 178 valence electrons. The van der Waals surface area contributed by atoms with Crippen molar-refractivity contribution in [1.82, 2.24) is 24.4 Å². The second-order valence-corrected chi connectivity index (χ2v) is 10.8. The molecule has 2 aromatic heterocycles. The van der Waals surface area contributed by atoms with Gasteiger partial charge in [-0.3, -0.25) is 14.4 Å². The number of hydrogen-bond donors (Lipinski definition) is 1. The average Bonchev–Trinajstić information content (AvgIpc) is 3.24. The van der Waals surface area contributed by atoms with Gasteiger partial charge in [0, 0.05) is 64.9 Å². The van der Waals surface area contributed by atoms with Gasteiger partial charge in [-0.15, -0.1) is 11.3 Å². The van der Waals surface area contributed by atoms with Gasteiger partial charge in [0.1, 0.15) is 5.82 Å². The third kappa shape index (κ3) is 5.54. The molecule has 6 rings (SSSR count). The number of nitrogens with zero attached hydrogens (tertiary/aromatic N) is 5. The summed E-state index contributed by atoms with van der Waals surface area (Å²) in [6, 6.07) is 8.38. The minimum atomic E-state index is -0.294. The van der Waals surface area contributed by atoms with E-state index in [1.54, 1.807) is 23.5 Å². The molecule has 3 aromatic rings. The number of aliphatic imine (C=N–C) groups is 1. The minimum Gasteiger partial charge on any atom is -0.326 e. The molecule has 34 heavy (non-hydrogen) atoms. The van der Waals surface area contributed by atoms with Gasteiger partial charge < -0.3 is 4.90 Å². The van der Waals surface area contributed by atoms with Crippen LogP contribution in [0.2, 0.25) is 5.02 Å². The van der Waals surface area contributed by atoms with Crippen LogP contribution in [0.4, 0.5) is 4.39 Å². The van der Waals surface area contributed by atoms with E-state index in [4.69, 9.17) is 21.7 Å². The molecule has 0 spiro atoms. The lowest BCUT2D eigenvalue weighted by molar-refractivity contribution is 0.544. The Balaban J connectivity index is 0.000000257. The first-order valence-electron chi connectivity index (χ1n) is 11.4. The van der Waals surface area contributed by atoms with E-state index in [0.717, 1.165) is 41.3 Å². The standard InChI is InChI=1S/C18H22N6S2.C6H4ClF/c1-2-23-7-5-15(21-23)14-10-20-17(18-19-6-8-25-18)24-11-12(9-16(14)24)22-26-13-3-4-13;7-5-2-1-3-6(8)4-5/h5-8,12-13,22H,2-4,9-11H2,1H3;1-4H. The minimum absolute atomic E-state index is 0.294. The van der Waals surface area contributed by atoms with Crippen molar-refractivity contribution >= 4 is 46.3 Å². The SMILES string of the molecule is CCn1ccc(C2=C3CC(NSC4CC4)CN3C(c3nccs3)=NC2)n1.Fc1cccc(Cl)c1. The molecule has 1 aromatic carbocycles. The Kier molecular flexibility index (Phi) is 7.34. The number of aryl methyl sites for hydroxylation is 1. The smallest absolute Gasteiger partial charge is 0.165 e. The van der Waals surface area contributed by atoms with Crippen molar-refractivity contribution in [3.05, 3.63) is 75.3 Å². The zero-order valence-electron chi connectivity index (χ0n) is 18.8. The molecule has 0 bridgehead atoms. The van der Waals surface area contributed by atoms with E-state index in [2.05, 4.69) is 33.8 Å². The molecule has 1 saturated carbocycles. The molecule has 1 aliphatic carbocycles. The fourth-order valence-electron chi connectivity index (χ4n) is 3.93. The van der Waals surface area contributed by atoms with E-state index in [1.165, 1.54) is 36.2 Å². The number of amidine groups is 1. The molecule has 6 nitrogen and oxygen atoms in total. The van der Waals surface area contributed by atoms with Gasteiger partial charge in [0.15, 0.2) is 10.8 Å². The fraction of sp³-hybridized carbons (Fsp3) is 0.375. The number of benzene rings is 1. The summed E-state index contributed by atoms with van der Waals surface area (Å²) in [5, 5.41) is 9.02. The molecule has 1 saturated heterocycles. The highest BCUT2D eigenvalue weighted by molar-refractivity contribution is 7.98. The van der Waals surface area contributed by atoms with Gasteiger partial charge in [0.25, 0.3) is 0 Å². The lowest BCUT2D eigenvalue weighted by Crippen LogP contribution is -2.35. The second kappa shape index (κ2) is 10.6. The van der Waals surface area contributed by atoms with Crippen molar-refractivity contribution in [2.24, 2.45) is 4.99 Å². The number of nitrogens with one attached hydrogen (secondary N) is 1. The summed E-state index contributed by atoms with van der Waals surface area (Å²) in [7, 11) is 0. The van der Waals surface area contributed by atoms with Crippen molar-refractivity contribution in [3.63, 3.8) is 0 Å². The summed E-state index contributed by atoms with van der Waals surface area (Å²) in [5.74, 6) is 0.729. The maximum Gasteiger partial charge on any atom is 0.165 e. The summed E-state index contributed by atoms with van der Waals surface area (Å²) in [4.78, 5) is 11.8. The Bertz CT molecular complexity index is 1170. The highest BCUT2D eigenvalue weighted by Crippen LogP contribution is 2.37. The van der Waals surface area contributed by atoms with Crippen LogP contribution in [0, 0.1) is 5.82 Å². The van der Waals surface area contributed by atoms with E-state index in [0.29, 0.717) is 17.6 Å². The van der Waals surface area contributed by atoms with E-state index >= 15 is 0 Å². The fourth-order valence-corrected chi connectivity index (χ4v) is 5.68. The first kappa shape index (κ1) is 23.5. The number of fused-ring (bicyclic) bond motifs is 1. The van der Waals surface area contributed by atoms with Crippen molar-refractivity contribution in [2.45, 2.75) is 44.0 Å². The van der Waals surface area contributed by atoms with Crippen LogP contribution in [0.15, 0.2) is 58.8 Å². The molecule has 3 aliphatic rings. The zero-order valence-corrected chi connectivity index (χ0v) is 21.2. The molecule has 10 heteroatoms. The van der Waals surface area contributed by atoms with Crippen LogP contribution < -0.4 is 4.72 Å². The Morgan fingerprint density at radius 1 is 1.29 bits per heavy atom. The van der Waals surface area contributed by atoms with Gasteiger partial charge >= 0.3 is 0 Å². The highest BCUT2D eigenvalue weighted by Gasteiger charge is 2.37. The molecule has 0 radical (unpaired) electrons. The third-order valence-corrected chi connectivity index (χ3v) is 8.05. The number of halogens is 2. The van der Waals surface area contributed by atoms with Crippen LogP contribution in [0.5, 0.6) is 0 Å². The summed E-state index contributed by atoms with van der Waals surface area (Å²) >= 11 is 8.98. The molecule has 0 amide bonds. The topological polar surface area (TPSA) is 58.3 Å². The summed E-state index contributed by atoms with van der Waals surface area (Å²) in [6.45, 7) is 4.64. The molecule has 1 N–H and O–H groups in total. The Morgan fingerprint density at radius 2 is 2.18 bits per heavy atom. The van der Waals surface area contributed by atoms with E-state index < -0.39 is 0 Å². The second-order valence-electron chi connectivity index (χ2n) is 8.35. The molecule has 1 atom stereocenters. The van der Waals surface area contributed by atoms with Gasteiger partial charge in [0.2, 0.25) is 0 Å². The first-order valence-corrected chi connectivity index (χ1v) is 13.5. The van der Waals surface area contributed by atoms with Crippen LogP contribution >= 0.6 is 34.9 Å². The van der Waals surface area contributed by atoms with Crippen LogP contribution in [0.25, 0.3) is 5.57 Å². The predicted molar refractivity (Wildman–Crippen MR) is 139 cm³/mol. The quantitative estimate of drug-likeness (QED) is 0.439. The molecule has 2 fully saturated rings. The van der Waals surface area contributed by atoms with Gasteiger partial charge in [-0.1, -0.05) is 29.6 Å². The van der Waals surface area contributed by atoms with E-state index in [1.807, 2.05) is 28.2 Å². The van der Waals surface area contributed by atoms with Crippen molar-refractivity contribution in [2.75, 3.05) is 13.1 Å². The van der Waals surface area contributed by atoms with Crippen molar-refractivity contribution in [3.8, 4) is 0 Å². The zero-order chi connectivity index (χ0) is 23.5. The van der Waals surface area contributed by atoms with Crippen molar-refractivity contribution in [1.29, 1.82) is 0 Å².